The van der Waals surface area contributed by atoms with Crippen LogP contribution in [0.25, 0.3) is 0 Å². The van der Waals surface area contributed by atoms with Gasteiger partial charge >= 0.3 is 0 Å². The minimum atomic E-state index is -0.318. The number of aromatic hydroxyl groups is 1. The first kappa shape index (κ1) is 16.5. The molecule has 0 spiro atoms. The van der Waals surface area contributed by atoms with E-state index in [1.54, 1.807) is 6.07 Å². The van der Waals surface area contributed by atoms with Gasteiger partial charge in [-0.2, -0.15) is 0 Å². The topological polar surface area (TPSA) is 58.6 Å². The molecule has 1 heterocycles. The van der Waals surface area contributed by atoms with Crippen LogP contribution in [0.4, 0.5) is 0 Å². The summed E-state index contributed by atoms with van der Waals surface area (Å²) in [5.74, 6) is 0.997. The number of carbonyl (C=O) groups excluding carboxylic acids is 1. The van der Waals surface area contributed by atoms with Crippen molar-refractivity contribution >= 4 is 6.47 Å². The fraction of sp³-hybridized carbons (Fsp3) is 0.562. The Bertz CT molecular complexity index is 406. The molecular weight excluding hydrogens is 254 g/mol. The van der Waals surface area contributed by atoms with Crippen molar-refractivity contribution in [2.75, 3.05) is 13.1 Å². The molecule has 2 N–H and O–H groups in total. The molecule has 1 aromatic rings. The molecule has 0 unspecified atom stereocenters. The van der Waals surface area contributed by atoms with Gasteiger partial charge in [-0.3, -0.25) is 4.79 Å². The summed E-state index contributed by atoms with van der Waals surface area (Å²) in [6.07, 6.45) is 2.27. The van der Waals surface area contributed by atoms with Crippen molar-refractivity contribution in [1.82, 2.24) is 5.32 Å². The highest BCUT2D eigenvalue weighted by Crippen LogP contribution is 2.31. The quantitative estimate of drug-likeness (QED) is 0.817. The Morgan fingerprint density at radius 2 is 1.85 bits per heavy atom. The Labute approximate surface area is 121 Å². The largest absolute Gasteiger partial charge is 0.508 e. The molecule has 4 heteroatoms. The molecule has 2 rings (SSSR count). The SMILES string of the molecule is CC(C)(C)OC=O.Oc1ccccc1C1CCNCC1. The number of hydrogen-bond acceptors (Lipinski definition) is 4. The van der Waals surface area contributed by atoms with Gasteiger partial charge in [-0.15, -0.1) is 0 Å². The van der Waals surface area contributed by atoms with E-state index >= 15 is 0 Å². The highest BCUT2D eigenvalue weighted by molar-refractivity contribution is 5.37. The van der Waals surface area contributed by atoms with Gasteiger partial charge in [0.25, 0.3) is 6.47 Å². The first-order chi connectivity index (χ1) is 9.44. The van der Waals surface area contributed by atoms with Gasteiger partial charge in [0.05, 0.1) is 0 Å². The predicted molar refractivity (Wildman–Crippen MR) is 79.9 cm³/mol. The van der Waals surface area contributed by atoms with Gasteiger partial charge in [-0.25, -0.2) is 0 Å². The summed E-state index contributed by atoms with van der Waals surface area (Å²) in [5, 5.41) is 13.0. The van der Waals surface area contributed by atoms with E-state index in [1.807, 2.05) is 39.0 Å². The van der Waals surface area contributed by atoms with Gasteiger partial charge in [0, 0.05) is 0 Å². The fourth-order valence-electron chi connectivity index (χ4n) is 2.11. The van der Waals surface area contributed by atoms with Crippen molar-refractivity contribution in [1.29, 1.82) is 0 Å². The molecule has 0 atom stereocenters. The van der Waals surface area contributed by atoms with Crippen LogP contribution in [0.5, 0.6) is 5.75 Å². The highest BCUT2D eigenvalue weighted by atomic mass is 16.5. The van der Waals surface area contributed by atoms with E-state index in [4.69, 9.17) is 0 Å². The summed E-state index contributed by atoms with van der Waals surface area (Å²) in [7, 11) is 0. The first-order valence-electron chi connectivity index (χ1n) is 7.04. The van der Waals surface area contributed by atoms with E-state index in [9.17, 15) is 9.90 Å². The van der Waals surface area contributed by atoms with E-state index < -0.39 is 0 Å². The van der Waals surface area contributed by atoms with Crippen LogP contribution in [0.1, 0.15) is 45.1 Å². The molecule has 1 aliphatic rings. The fourth-order valence-corrected chi connectivity index (χ4v) is 2.11. The van der Waals surface area contributed by atoms with Crippen molar-refractivity contribution in [3.8, 4) is 5.75 Å². The Morgan fingerprint density at radius 1 is 1.25 bits per heavy atom. The molecular formula is C16H25NO3. The van der Waals surface area contributed by atoms with Crippen LogP contribution < -0.4 is 5.32 Å². The molecule has 0 saturated carbocycles. The Morgan fingerprint density at radius 3 is 2.30 bits per heavy atom. The summed E-state index contributed by atoms with van der Waals surface area (Å²) in [6, 6.07) is 7.68. The molecule has 112 valence electrons. The Balaban J connectivity index is 0.000000246. The van der Waals surface area contributed by atoms with Gasteiger partial charge in [0.1, 0.15) is 11.4 Å². The predicted octanol–water partition coefficient (Wildman–Crippen LogP) is 2.82. The van der Waals surface area contributed by atoms with E-state index in [-0.39, 0.29) is 5.60 Å². The Hall–Kier alpha value is -1.55. The van der Waals surface area contributed by atoms with Crippen LogP contribution in [0.3, 0.4) is 0 Å². The van der Waals surface area contributed by atoms with Crippen LogP contribution in [-0.2, 0) is 9.53 Å². The number of nitrogens with one attached hydrogen (secondary N) is 1. The molecule has 1 aromatic carbocycles. The average Bonchev–Trinajstić information content (AvgIpc) is 2.40. The standard InChI is InChI=1S/C11H15NO.C5H10O2/c13-11-4-2-1-3-10(11)9-5-7-12-8-6-9;1-5(2,3)7-4-6/h1-4,9,12-13H,5-8H2;4H,1-3H3. The number of para-hydroxylation sites is 1. The van der Waals surface area contributed by atoms with E-state index in [0.717, 1.165) is 31.5 Å². The van der Waals surface area contributed by atoms with Crippen molar-refractivity contribution in [3.63, 3.8) is 0 Å². The maximum Gasteiger partial charge on any atom is 0.293 e. The second-order valence-electron chi connectivity index (χ2n) is 5.91. The van der Waals surface area contributed by atoms with Crippen molar-refractivity contribution in [3.05, 3.63) is 29.8 Å². The van der Waals surface area contributed by atoms with E-state index in [2.05, 4.69) is 10.1 Å². The number of rotatable bonds is 2. The second kappa shape index (κ2) is 7.90. The lowest BCUT2D eigenvalue weighted by molar-refractivity contribution is -0.138. The van der Waals surface area contributed by atoms with Crippen LogP contribution in [0.15, 0.2) is 24.3 Å². The highest BCUT2D eigenvalue weighted by Gasteiger charge is 2.17. The Kier molecular flexibility index (Phi) is 6.52. The molecule has 0 aromatic heterocycles. The maximum atomic E-state index is 9.64. The number of benzene rings is 1. The summed E-state index contributed by atoms with van der Waals surface area (Å²) in [6.45, 7) is 8.06. The molecule has 1 fully saturated rings. The molecule has 0 radical (unpaired) electrons. The number of ether oxygens (including phenoxy) is 1. The second-order valence-corrected chi connectivity index (χ2v) is 5.91. The van der Waals surface area contributed by atoms with Gasteiger partial charge in [-0.05, 0) is 64.3 Å². The normalized spacial score (nSPS) is 15.9. The van der Waals surface area contributed by atoms with Crippen LogP contribution >= 0.6 is 0 Å². The summed E-state index contributed by atoms with van der Waals surface area (Å²) < 4.78 is 4.55. The van der Waals surface area contributed by atoms with E-state index in [1.165, 1.54) is 0 Å². The first-order valence-corrected chi connectivity index (χ1v) is 7.04. The van der Waals surface area contributed by atoms with Gasteiger partial charge in [0.15, 0.2) is 0 Å². The lowest BCUT2D eigenvalue weighted by atomic mass is 9.90. The third-order valence-corrected chi connectivity index (χ3v) is 3.12. The van der Waals surface area contributed by atoms with Gasteiger partial charge in [0.2, 0.25) is 0 Å². The molecule has 20 heavy (non-hydrogen) atoms. The molecule has 1 aliphatic heterocycles. The average molecular weight is 279 g/mol. The monoisotopic (exact) mass is 279 g/mol. The number of carbonyl (C=O) groups is 1. The number of phenols is 1. The van der Waals surface area contributed by atoms with Gasteiger partial charge < -0.3 is 15.2 Å². The maximum absolute atomic E-state index is 9.64. The van der Waals surface area contributed by atoms with Crippen molar-refractivity contribution < 1.29 is 14.6 Å². The van der Waals surface area contributed by atoms with Crippen LogP contribution in [0.2, 0.25) is 0 Å². The smallest absolute Gasteiger partial charge is 0.293 e. The lowest BCUT2D eigenvalue weighted by Gasteiger charge is -2.23. The molecule has 1 saturated heterocycles. The minimum absolute atomic E-state index is 0.318. The van der Waals surface area contributed by atoms with Crippen LogP contribution in [-0.4, -0.2) is 30.3 Å². The number of piperidine rings is 1. The summed E-state index contributed by atoms with van der Waals surface area (Å²) in [4.78, 5) is 9.60. The minimum Gasteiger partial charge on any atom is -0.508 e. The van der Waals surface area contributed by atoms with Crippen LogP contribution in [0, 0.1) is 0 Å². The zero-order valence-corrected chi connectivity index (χ0v) is 12.6. The third-order valence-electron chi connectivity index (χ3n) is 3.12. The number of hydrogen-bond donors (Lipinski definition) is 2. The van der Waals surface area contributed by atoms with Gasteiger partial charge in [-0.1, -0.05) is 18.2 Å². The molecule has 0 bridgehead atoms. The lowest BCUT2D eigenvalue weighted by Crippen LogP contribution is -2.26. The number of phenolic OH excluding ortho intramolecular Hbond substituents is 1. The molecule has 4 nitrogen and oxygen atoms in total. The van der Waals surface area contributed by atoms with E-state index in [0.29, 0.717) is 18.1 Å². The molecule has 0 aliphatic carbocycles. The molecule has 0 amide bonds. The van der Waals surface area contributed by atoms with Crippen molar-refractivity contribution in [2.24, 2.45) is 0 Å². The van der Waals surface area contributed by atoms with Crippen molar-refractivity contribution in [2.45, 2.75) is 45.1 Å². The third kappa shape index (κ3) is 6.06. The summed E-state index contributed by atoms with van der Waals surface area (Å²) >= 11 is 0. The summed E-state index contributed by atoms with van der Waals surface area (Å²) in [5.41, 5.74) is 0.797. The zero-order valence-electron chi connectivity index (χ0n) is 12.6. The zero-order chi connectivity index (χ0) is 15.0.